The number of allylic oxidation sites excluding steroid dienone is 1. The molecule has 0 aromatic carbocycles. The summed E-state index contributed by atoms with van der Waals surface area (Å²) in [5.74, 6) is -0.150. The second-order valence-corrected chi connectivity index (χ2v) is 16.0. The van der Waals surface area contributed by atoms with Gasteiger partial charge in [0.1, 0.15) is 42.7 Å². The topological polar surface area (TPSA) is 229 Å². The summed E-state index contributed by atoms with van der Waals surface area (Å²) in [5, 5.41) is 86.6. The fourth-order valence-electron chi connectivity index (χ4n) is 10.7. The Morgan fingerprint density at radius 3 is 2.28 bits per heavy atom. The van der Waals surface area contributed by atoms with Crippen molar-refractivity contribution in [2.45, 2.75) is 151 Å². The number of hydrogen-bond acceptors (Lipinski definition) is 14. The number of rotatable bonds is 6. The molecule has 14 nitrogen and oxygen atoms in total. The van der Waals surface area contributed by atoms with Gasteiger partial charge in [0.25, 0.3) is 0 Å². The molecular formula is C36H52O14. The normalized spacial score (nSPS) is 52.1. The van der Waals surface area contributed by atoms with Crippen molar-refractivity contribution < 1.29 is 64.2 Å². The number of hydrogen-bond donors (Lipinski definition) is 8. The maximum atomic E-state index is 12.5. The Bertz CT molecular complexity index is 1460. The van der Waals surface area contributed by atoms with Crippen LogP contribution >= 0.6 is 0 Å². The van der Waals surface area contributed by atoms with Gasteiger partial charge in [-0.15, -0.1) is 0 Å². The summed E-state index contributed by atoms with van der Waals surface area (Å²) in [7, 11) is 0. The Balaban J connectivity index is 1.03. The van der Waals surface area contributed by atoms with Gasteiger partial charge >= 0.3 is 5.63 Å². The van der Waals surface area contributed by atoms with E-state index in [-0.39, 0.29) is 23.2 Å². The third-order valence-electron chi connectivity index (χ3n) is 13.7. The Hall–Kier alpha value is -1.79. The number of aliphatic hydroxyl groups excluding tert-OH is 7. The molecule has 3 saturated carbocycles. The van der Waals surface area contributed by atoms with Crippen LogP contribution in [0.2, 0.25) is 0 Å². The van der Waals surface area contributed by atoms with Gasteiger partial charge in [-0.1, -0.05) is 25.5 Å². The molecule has 0 amide bonds. The molecule has 280 valence electrons. The van der Waals surface area contributed by atoms with Crippen LogP contribution in [-0.2, 0) is 18.9 Å². The molecule has 14 heteroatoms. The van der Waals surface area contributed by atoms with Crippen molar-refractivity contribution in [1.82, 2.24) is 0 Å². The molecule has 50 heavy (non-hydrogen) atoms. The smallest absolute Gasteiger partial charge is 0.335 e. The van der Waals surface area contributed by atoms with Gasteiger partial charge in [0.05, 0.1) is 36.8 Å². The largest absolute Gasteiger partial charge is 0.431 e. The standard InChI is InChI=1S/C36H52O14/c1-16-31(50-33-29(43)27(41)26(40)23(14-37)49-33)28(42)30(44)32(47-16)48-19-8-10-34(2)18(12-19)5-6-21-22(34)13-24(38)35(3)20(9-11-36(21,35)45)17-4-7-25(39)46-15-17/h4,7,12,15-16,19-24,26-33,37-38,40-45H,5-6,8-11,13-14H2,1-3H3/t16-,19-,20+,21+,22-,23+,24+,26+,27-,28-,29+,30+,31-,32-,33-,34-,35-,36-/m0/s1. The van der Waals surface area contributed by atoms with Crippen LogP contribution in [0.15, 0.2) is 39.3 Å². The molecular weight excluding hydrogens is 656 g/mol. The van der Waals surface area contributed by atoms with E-state index in [2.05, 4.69) is 13.0 Å². The van der Waals surface area contributed by atoms with E-state index >= 15 is 0 Å². The third-order valence-corrected chi connectivity index (χ3v) is 13.7. The lowest BCUT2D eigenvalue weighted by Crippen LogP contribution is -2.65. The second kappa shape index (κ2) is 13.3. The molecule has 6 aliphatic rings. The van der Waals surface area contributed by atoms with Crippen molar-refractivity contribution in [3.63, 3.8) is 0 Å². The van der Waals surface area contributed by atoms with E-state index in [0.29, 0.717) is 25.7 Å². The Morgan fingerprint density at radius 2 is 1.58 bits per heavy atom. The summed E-state index contributed by atoms with van der Waals surface area (Å²) in [6.45, 7) is 5.16. The SMILES string of the molecule is C[C@@H]1O[C@@H](O[C@@H]2C=C3CC[C@@H]4[C@H](C[C@@H](O)[C@]5(C)[C@@H](c6ccc(=O)oc6)CC[C@]45O)[C@@]3(C)CC2)[C@H](O)[C@H](O)[C@H]1O[C@@H]1O[C@H](CO)[C@@H](O)[C@H](O)[C@H]1O. The molecule has 2 aliphatic heterocycles. The highest BCUT2D eigenvalue weighted by Crippen LogP contribution is 2.70. The van der Waals surface area contributed by atoms with Crippen molar-refractivity contribution in [2.24, 2.45) is 22.7 Å². The van der Waals surface area contributed by atoms with Crippen molar-refractivity contribution >= 4 is 0 Å². The highest BCUT2D eigenvalue weighted by molar-refractivity contribution is 5.32. The zero-order chi connectivity index (χ0) is 35.9. The molecule has 0 unspecified atom stereocenters. The summed E-state index contributed by atoms with van der Waals surface area (Å²) < 4.78 is 28.6. The lowest BCUT2D eigenvalue weighted by molar-refractivity contribution is -0.357. The van der Waals surface area contributed by atoms with Crippen LogP contribution < -0.4 is 5.63 Å². The highest BCUT2D eigenvalue weighted by Gasteiger charge is 2.70. The average molecular weight is 709 g/mol. The Labute approximate surface area is 290 Å². The van der Waals surface area contributed by atoms with E-state index in [1.807, 2.05) is 6.92 Å². The highest BCUT2D eigenvalue weighted by atomic mass is 16.7. The predicted octanol–water partition coefficient (Wildman–Crippen LogP) is -0.191. The van der Waals surface area contributed by atoms with E-state index in [0.717, 1.165) is 24.8 Å². The van der Waals surface area contributed by atoms with Gasteiger partial charge in [0.15, 0.2) is 12.6 Å². The van der Waals surface area contributed by atoms with Crippen molar-refractivity contribution in [2.75, 3.05) is 6.61 Å². The molecule has 18 atom stereocenters. The van der Waals surface area contributed by atoms with Crippen LogP contribution in [0.5, 0.6) is 0 Å². The molecule has 3 heterocycles. The zero-order valence-electron chi connectivity index (χ0n) is 28.7. The summed E-state index contributed by atoms with van der Waals surface area (Å²) >= 11 is 0. The minimum atomic E-state index is -1.68. The lowest BCUT2D eigenvalue weighted by Gasteiger charge is -2.63. The molecule has 0 bridgehead atoms. The first-order valence-corrected chi connectivity index (χ1v) is 18.0. The van der Waals surface area contributed by atoms with Crippen molar-refractivity contribution in [3.8, 4) is 0 Å². The fraction of sp³-hybridized carbons (Fsp3) is 0.806. The average Bonchev–Trinajstić information content (AvgIpc) is 3.38. The zero-order valence-corrected chi connectivity index (χ0v) is 28.7. The van der Waals surface area contributed by atoms with Gasteiger partial charge < -0.3 is 64.2 Å². The molecule has 2 saturated heterocycles. The minimum Gasteiger partial charge on any atom is -0.431 e. The summed E-state index contributed by atoms with van der Waals surface area (Å²) in [4.78, 5) is 11.6. The van der Waals surface area contributed by atoms with Gasteiger partial charge in [-0.3, -0.25) is 0 Å². The fourth-order valence-corrected chi connectivity index (χ4v) is 10.7. The van der Waals surface area contributed by atoms with Crippen LogP contribution in [0, 0.1) is 22.7 Å². The molecule has 1 aromatic heterocycles. The van der Waals surface area contributed by atoms with Gasteiger partial charge in [0.2, 0.25) is 0 Å². The quantitative estimate of drug-likeness (QED) is 0.179. The summed E-state index contributed by atoms with van der Waals surface area (Å²) in [5.41, 5.74) is -0.630. The Kier molecular flexibility index (Phi) is 9.69. The third kappa shape index (κ3) is 5.57. The number of aliphatic hydroxyl groups is 8. The van der Waals surface area contributed by atoms with E-state index in [1.165, 1.54) is 17.9 Å². The predicted molar refractivity (Wildman–Crippen MR) is 172 cm³/mol. The van der Waals surface area contributed by atoms with Gasteiger partial charge in [-0.25, -0.2) is 4.79 Å². The lowest BCUT2D eigenvalue weighted by atomic mass is 9.44. The van der Waals surface area contributed by atoms with E-state index in [9.17, 15) is 45.6 Å². The second-order valence-electron chi connectivity index (χ2n) is 16.0. The molecule has 1 aromatic rings. The Morgan fingerprint density at radius 1 is 0.860 bits per heavy atom. The van der Waals surface area contributed by atoms with Crippen molar-refractivity contribution in [3.05, 3.63) is 46.0 Å². The first-order chi connectivity index (χ1) is 23.6. The maximum absolute atomic E-state index is 12.5. The molecule has 4 aliphatic carbocycles. The van der Waals surface area contributed by atoms with E-state index in [1.54, 1.807) is 13.0 Å². The van der Waals surface area contributed by atoms with Crippen LogP contribution in [-0.4, -0.2) is 127 Å². The number of fused-ring (bicyclic) bond motifs is 5. The minimum absolute atomic E-state index is 0.0303. The summed E-state index contributed by atoms with van der Waals surface area (Å²) in [6, 6.07) is 3.14. The van der Waals surface area contributed by atoms with Crippen LogP contribution in [0.1, 0.15) is 77.2 Å². The van der Waals surface area contributed by atoms with Gasteiger partial charge in [-0.2, -0.15) is 0 Å². The number of ether oxygens (including phenoxy) is 4. The van der Waals surface area contributed by atoms with Crippen LogP contribution in [0.4, 0.5) is 0 Å². The first kappa shape index (κ1) is 36.6. The molecule has 7 rings (SSSR count). The molecule has 0 spiro atoms. The summed E-state index contributed by atoms with van der Waals surface area (Å²) in [6.07, 6.45) is -7.05. The van der Waals surface area contributed by atoms with Gasteiger partial charge in [0, 0.05) is 11.5 Å². The maximum Gasteiger partial charge on any atom is 0.335 e. The van der Waals surface area contributed by atoms with E-state index in [4.69, 9.17) is 23.4 Å². The van der Waals surface area contributed by atoms with Crippen molar-refractivity contribution in [1.29, 1.82) is 0 Å². The van der Waals surface area contributed by atoms with Crippen LogP contribution in [0.25, 0.3) is 0 Å². The molecule has 8 N–H and O–H groups in total. The van der Waals surface area contributed by atoms with Crippen LogP contribution in [0.3, 0.4) is 0 Å². The molecule has 5 fully saturated rings. The van der Waals surface area contributed by atoms with Gasteiger partial charge in [-0.05, 0) is 86.7 Å². The van der Waals surface area contributed by atoms with E-state index < -0.39 is 96.9 Å². The first-order valence-electron chi connectivity index (χ1n) is 18.0. The molecule has 0 radical (unpaired) electrons. The monoisotopic (exact) mass is 708 g/mol.